The van der Waals surface area contributed by atoms with Crippen molar-refractivity contribution in [3.05, 3.63) is 0 Å². The Bertz CT molecular complexity index is 258. The maximum absolute atomic E-state index is 11.8. The molecule has 0 saturated heterocycles. The number of amides is 1. The lowest BCUT2D eigenvalue weighted by Gasteiger charge is -2.26. The number of nitrogens with zero attached hydrogens (tertiary/aromatic N) is 1. The smallest absolute Gasteiger partial charge is 0.326 e. The number of rotatable bonds is 8. The minimum absolute atomic E-state index is 0.338. The van der Waals surface area contributed by atoms with Gasteiger partial charge in [0.1, 0.15) is 6.04 Å². The highest BCUT2D eigenvalue weighted by atomic mass is 16.5. The third-order valence-electron chi connectivity index (χ3n) is 2.67. The lowest BCUT2D eigenvalue weighted by Crippen LogP contribution is -2.49. The largest absolute Gasteiger partial charge is 0.480 e. The second-order valence-electron chi connectivity index (χ2n) is 3.95. The number of aliphatic carboxylic acids is 1. The average molecular weight is 246 g/mol. The van der Waals surface area contributed by atoms with Crippen molar-refractivity contribution >= 4 is 11.9 Å². The normalized spacial score (nSPS) is 14.1. The van der Waals surface area contributed by atoms with Crippen LogP contribution in [0.5, 0.6) is 0 Å². The van der Waals surface area contributed by atoms with Crippen LogP contribution in [-0.2, 0) is 14.3 Å². The molecule has 0 spiro atoms. The summed E-state index contributed by atoms with van der Waals surface area (Å²) < 4.78 is 4.86. The molecule has 0 aliphatic carbocycles. The van der Waals surface area contributed by atoms with Gasteiger partial charge in [0.05, 0.1) is 6.04 Å². The van der Waals surface area contributed by atoms with Crippen LogP contribution in [0.25, 0.3) is 0 Å². The molecule has 0 aromatic rings. The number of ether oxygens (including phenoxy) is 1. The summed E-state index contributed by atoms with van der Waals surface area (Å²) >= 11 is 0. The Kier molecular flexibility index (Phi) is 7.49. The van der Waals surface area contributed by atoms with Crippen molar-refractivity contribution < 1.29 is 19.4 Å². The van der Waals surface area contributed by atoms with E-state index in [1.54, 1.807) is 14.0 Å². The van der Waals surface area contributed by atoms with Crippen LogP contribution in [-0.4, -0.2) is 54.7 Å². The third kappa shape index (κ3) is 5.14. The van der Waals surface area contributed by atoms with Crippen LogP contribution in [0.2, 0.25) is 0 Å². The van der Waals surface area contributed by atoms with E-state index < -0.39 is 18.1 Å². The first kappa shape index (κ1) is 15.9. The molecule has 3 N–H and O–H groups in total. The third-order valence-corrected chi connectivity index (χ3v) is 2.67. The number of hydrogen-bond donors (Lipinski definition) is 2. The second kappa shape index (κ2) is 8.03. The van der Waals surface area contributed by atoms with Gasteiger partial charge in [-0.2, -0.15) is 0 Å². The maximum atomic E-state index is 11.8. The molecule has 0 rings (SSSR count). The van der Waals surface area contributed by atoms with Gasteiger partial charge in [0.15, 0.2) is 0 Å². The predicted molar refractivity (Wildman–Crippen MR) is 63.6 cm³/mol. The minimum atomic E-state index is -1.01. The lowest BCUT2D eigenvalue weighted by atomic mass is 10.1. The van der Waals surface area contributed by atoms with Gasteiger partial charge in [0, 0.05) is 20.8 Å². The SMILES string of the molecule is CCC(C(=O)O)N(C)C(=O)C(N)CCCOC. The molecule has 0 radical (unpaired) electrons. The zero-order valence-corrected chi connectivity index (χ0v) is 10.7. The molecule has 6 nitrogen and oxygen atoms in total. The Morgan fingerprint density at radius 3 is 2.47 bits per heavy atom. The number of carbonyl (C=O) groups is 2. The first-order valence-corrected chi connectivity index (χ1v) is 5.69. The predicted octanol–water partition coefficient (Wildman–Crippen LogP) is 0.0619. The summed E-state index contributed by atoms with van der Waals surface area (Å²) in [7, 11) is 3.05. The van der Waals surface area contributed by atoms with Crippen LogP contribution in [0.15, 0.2) is 0 Å². The molecule has 0 fully saturated rings. The standard InChI is InChI=1S/C11H22N2O4/c1-4-9(11(15)16)13(2)10(14)8(12)6-5-7-17-3/h8-9H,4-7,12H2,1-3H3,(H,15,16). The first-order chi connectivity index (χ1) is 7.95. The van der Waals surface area contributed by atoms with Crippen molar-refractivity contribution in [1.82, 2.24) is 4.90 Å². The number of nitrogens with two attached hydrogens (primary N) is 1. The Morgan fingerprint density at radius 2 is 2.06 bits per heavy atom. The molecule has 2 atom stereocenters. The Balaban J connectivity index is 4.31. The number of carboxylic acid groups (broad SMARTS) is 1. The van der Waals surface area contributed by atoms with Gasteiger partial charge in [-0.05, 0) is 19.3 Å². The highest BCUT2D eigenvalue weighted by molar-refractivity contribution is 5.86. The number of hydrogen-bond acceptors (Lipinski definition) is 4. The van der Waals surface area contributed by atoms with E-state index in [4.69, 9.17) is 15.6 Å². The van der Waals surface area contributed by atoms with Gasteiger partial charge in [-0.1, -0.05) is 6.92 Å². The van der Waals surface area contributed by atoms with Crippen LogP contribution >= 0.6 is 0 Å². The van der Waals surface area contributed by atoms with Gasteiger partial charge in [0.25, 0.3) is 0 Å². The van der Waals surface area contributed by atoms with Gasteiger partial charge in [0.2, 0.25) is 5.91 Å². The minimum Gasteiger partial charge on any atom is -0.480 e. The number of carboxylic acids is 1. The van der Waals surface area contributed by atoms with Crippen molar-refractivity contribution in [2.75, 3.05) is 20.8 Å². The summed E-state index contributed by atoms with van der Waals surface area (Å²) in [6, 6.07) is -1.47. The molecule has 100 valence electrons. The molecule has 0 aliphatic heterocycles. The zero-order chi connectivity index (χ0) is 13.4. The van der Waals surface area contributed by atoms with E-state index in [-0.39, 0.29) is 5.91 Å². The summed E-state index contributed by atoms with van der Waals surface area (Å²) in [5.74, 6) is -1.34. The van der Waals surface area contributed by atoms with Gasteiger partial charge in [-0.25, -0.2) is 4.79 Å². The van der Waals surface area contributed by atoms with E-state index in [0.29, 0.717) is 25.9 Å². The van der Waals surface area contributed by atoms with Crippen LogP contribution < -0.4 is 5.73 Å². The van der Waals surface area contributed by atoms with Crippen LogP contribution in [0.3, 0.4) is 0 Å². The van der Waals surface area contributed by atoms with E-state index >= 15 is 0 Å². The van der Waals surface area contributed by atoms with Crippen molar-refractivity contribution in [3.63, 3.8) is 0 Å². The van der Waals surface area contributed by atoms with Crippen molar-refractivity contribution in [2.45, 2.75) is 38.3 Å². The zero-order valence-electron chi connectivity index (χ0n) is 10.7. The molecule has 0 bridgehead atoms. The van der Waals surface area contributed by atoms with Crippen LogP contribution in [0.1, 0.15) is 26.2 Å². The van der Waals surface area contributed by atoms with Gasteiger partial charge >= 0.3 is 5.97 Å². The van der Waals surface area contributed by atoms with Crippen molar-refractivity contribution in [1.29, 1.82) is 0 Å². The lowest BCUT2D eigenvalue weighted by molar-refractivity contribution is -0.149. The van der Waals surface area contributed by atoms with Gasteiger partial charge < -0.3 is 20.5 Å². The molecule has 0 aromatic heterocycles. The molecule has 0 saturated carbocycles. The van der Waals surface area contributed by atoms with Gasteiger partial charge in [-0.15, -0.1) is 0 Å². The van der Waals surface area contributed by atoms with E-state index in [2.05, 4.69) is 0 Å². The van der Waals surface area contributed by atoms with E-state index in [1.165, 1.54) is 11.9 Å². The molecule has 17 heavy (non-hydrogen) atoms. The van der Waals surface area contributed by atoms with E-state index in [0.717, 1.165) is 0 Å². The quantitative estimate of drug-likeness (QED) is 0.591. The molecule has 0 aliphatic rings. The highest BCUT2D eigenvalue weighted by Gasteiger charge is 2.27. The summed E-state index contributed by atoms with van der Waals surface area (Å²) in [6.45, 7) is 2.26. The van der Waals surface area contributed by atoms with Crippen molar-refractivity contribution in [3.8, 4) is 0 Å². The molecule has 0 aromatic carbocycles. The van der Waals surface area contributed by atoms with Gasteiger partial charge in [-0.3, -0.25) is 4.79 Å². The molecular formula is C11H22N2O4. The molecular weight excluding hydrogens is 224 g/mol. The summed E-state index contributed by atoms with van der Waals surface area (Å²) in [4.78, 5) is 24.0. The Labute approximate surface area is 102 Å². The summed E-state index contributed by atoms with van der Waals surface area (Å²) in [5.41, 5.74) is 5.71. The monoisotopic (exact) mass is 246 g/mol. The fraction of sp³-hybridized carbons (Fsp3) is 0.818. The van der Waals surface area contributed by atoms with Crippen LogP contribution in [0, 0.1) is 0 Å². The van der Waals surface area contributed by atoms with E-state index in [9.17, 15) is 9.59 Å². The highest BCUT2D eigenvalue weighted by Crippen LogP contribution is 2.06. The average Bonchev–Trinajstić information content (AvgIpc) is 2.28. The number of carbonyl (C=O) groups excluding carboxylic acids is 1. The Hall–Kier alpha value is -1.14. The Morgan fingerprint density at radius 1 is 1.47 bits per heavy atom. The summed E-state index contributed by atoms with van der Waals surface area (Å²) in [5, 5.41) is 8.93. The molecule has 2 unspecified atom stereocenters. The van der Waals surface area contributed by atoms with Crippen molar-refractivity contribution in [2.24, 2.45) is 5.73 Å². The number of likely N-dealkylation sites (N-methyl/N-ethyl adjacent to an activating group) is 1. The van der Waals surface area contributed by atoms with Crippen LogP contribution in [0.4, 0.5) is 0 Å². The molecule has 1 amide bonds. The topological polar surface area (TPSA) is 92.9 Å². The fourth-order valence-corrected chi connectivity index (χ4v) is 1.60. The number of methoxy groups -OCH3 is 1. The second-order valence-corrected chi connectivity index (χ2v) is 3.95. The first-order valence-electron chi connectivity index (χ1n) is 5.69. The molecule has 6 heteroatoms. The maximum Gasteiger partial charge on any atom is 0.326 e. The van der Waals surface area contributed by atoms with E-state index in [1.807, 2.05) is 0 Å². The molecule has 0 heterocycles. The fourth-order valence-electron chi connectivity index (χ4n) is 1.60. The summed E-state index contributed by atoms with van der Waals surface area (Å²) in [6.07, 6.45) is 1.54.